The van der Waals surface area contributed by atoms with Crippen molar-refractivity contribution in [1.29, 1.82) is 0 Å². The number of anilines is 1. The summed E-state index contributed by atoms with van der Waals surface area (Å²) >= 11 is 3.43. The maximum absolute atomic E-state index is 12.3. The standard InChI is InChI=1S/C15H21BrN2O/c1-2-14-8-3-4-9-18(14)15(19)11-17-13-7-5-6-12(16)10-13/h5-7,10,14,17H,2-4,8-9,11H2,1H3. The Morgan fingerprint density at radius 2 is 2.32 bits per heavy atom. The van der Waals surface area contributed by atoms with Crippen LogP contribution in [0.2, 0.25) is 0 Å². The van der Waals surface area contributed by atoms with Gasteiger partial charge in [0.1, 0.15) is 0 Å². The van der Waals surface area contributed by atoms with Gasteiger partial charge in [0, 0.05) is 22.7 Å². The summed E-state index contributed by atoms with van der Waals surface area (Å²) in [6, 6.07) is 8.34. The Balaban J connectivity index is 1.89. The van der Waals surface area contributed by atoms with E-state index < -0.39 is 0 Å². The molecular formula is C15H21BrN2O. The Hall–Kier alpha value is -1.03. The van der Waals surface area contributed by atoms with E-state index >= 15 is 0 Å². The summed E-state index contributed by atoms with van der Waals surface area (Å²) in [6.07, 6.45) is 4.60. The predicted octanol–water partition coefficient (Wildman–Crippen LogP) is 3.65. The molecule has 0 aromatic heterocycles. The van der Waals surface area contributed by atoms with E-state index in [4.69, 9.17) is 0 Å². The molecule has 0 saturated carbocycles. The zero-order valence-corrected chi connectivity index (χ0v) is 12.9. The lowest BCUT2D eigenvalue weighted by atomic mass is 10.00. The first kappa shape index (κ1) is 14.4. The van der Waals surface area contributed by atoms with E-state index in [1.54, 1.807) is 0 Å². The molecule has 0 spiro atoms. The fraction of sp³-hybridized carbons (Fsp3) is 0.533. The third-order valence-corrected chi connectivity index (χ3v) is 4.18. The van der Waals surface area contributed by atoms with Crippen molar-refractivity contribution >= 4 is 27.5 Å². The number of amides is 1. The van der Waals surface area contributed by atoms with Crippen LogP contribution in [0.1, 0.15) is 32.6 Å². The predicted molar refractivity (Wildman–Crippen MR) is 82.3 cm³/mol. The summed E-state index contributed by atoms with van der Waals surface area (Å²) in [5.41, 5.74) is 0.979. The van der Waals surface area contributed by atoms with Crippen molar-refractivity contribution in [3.05, 3.63) is 28.7 Å². The lowest BCUT2D eigenvalue weighted by molar-refractivity contribution is -0.133. The number of likely N-dealkylation sites (tertiary alicyclic amines) is 1. The second kappa shape index (κ2) is 6.94. The van der Waals surface area contributed by atoms with Gasteiger partial charge in [-0.25, -0.2) is 0 Å². The molecule has 1 fully saturated rings. The van der Waals surface area contributed by atoms with Crippen LogP contribution in [-0.2, 0) is 4.79 Å². The highest BCUT2D eigenvalue weighted by Gasteiger charge is 2.24. The number of carbonyl (C=O) groups excluding carboxylic acids is 1. The molecule has 0 aliphatic carbocycles. The van der Waals surface area contributed by atoms with E-state index in [2.05, 4.69) is 33.1 Å². The van der Waals surface area contributed by atoms with Gasteiger partial charge < -0.3 is 10.2 Å². The summed E-state index contributed by atoms with van der Waals surface area (Å²) in [4.78, 5) is 14.3. The van der Waals surface area contributed by atoms with E-state index in [0.29, 0.717) is 12.6 Å². The molecule has 1 aromatic rings. The number of rotatable bonds is 4. The Bertz CT molecular complexity index is 436. The van der Waals surface area contributed by atoms with Crippen LogP contribution in [0.4, 0.5) is 5.69 Å². The molecule has 19 heavy (non-hydrogen) atoms. The van der Waals surface area contributed by atoms with Gasteiger partial charge in [-0.1, -0.05) is 28.9 Å². The van der Waals surface area contributed by atoms with E-state index in [1.165, 1.54) is 6.42 Å². The van der Waals surface area contributed by atoms with Crippen LogP contribution in [0.25, 0.3) is 0 Å². The summed E-state index contributed by atoms with van der Waals surface area (Å²) in [5.74, 6) is 0.214. The molecular weight excluding hydrogens is 304 g/mol. The highest BCUT2D eigenvalue weighted by atomic mass is 79.9. The molecule has 2 rings (SSSR count). The van der Waals surface area contributed by atoms with Crippen LogP contribution in [-0.4, -0.2) is 29.9 Å². The summed E-state index contributed by atoms with van der Waals surface area (Å²) in [5, 5.41) is 3.21. The topological polar surface area (TPSA) is 32.3 Å². The van der Waals surface area contributed by atoms with Gasteiger partial charge in [0.25, 0.3) is 0 Å². The minimum absolute atomic E-state index is 0.214. The van der Waals surface area contributed by atoms with Crippen molar-refractivity contribution < 1.29 is 4.79 Å². The number of halogens is 1. The average molecular weight is 325 g/mol. The van der Waals surface area contributed by atoms with Crippen molar-refractivity contribution in [2.24, 2.45) is 0 Å². The first-order valence-electron chi connectivity index (χ1n) is 6.99. The third kappa shape index (κ3) is 3.96. The van der Waals surface area contributed by atoms with Crippen LogP contribution in [0.15, 0.2) is 28.7 Å². The molecule has 0 bridgehead atoms. The first-order valence-corrected chi connectivity index (χ1v) is 7.79. The number of nitrogens with one attached hydrogen (secondary N) is 1. The SMILES string of the molecule is CCC1CCCCN1C(=O)CNc1cccc(Br)c1. The third-order valence-electron chi connectivity index (χ3n) is 3.69. The zero-order valence-electron chi connectivity index (χ0n) is 11.4. The van der Waals surface area contributed by atoms with E-state index in [9.17, 15) is 4.79 Å². The maximum atomic E-state index is 12.3. The molecule has 1 N–H and O–H groups in total. The summed E-state index contributed by atoms with van der Waals surface area (Å²) in [6.45, 7) is 3.46. The van der Waals surface area contributed by atoms with Gasteiger partial charge in [0.05, 0.1) is 6.54 Å². The molecule has 1 aliphatic rings. The number of hydrogen-bond donors (Lipinski definition) is 1. The van der Waals surface area contributed by atoms with Crippen LogP contribution in [0.3, 0.4) is 0 Å². The van der Waals surface area contributed by atoms with Gasteiger partial charge in [-0.3, -0.25) is 4.79 Å². The summed E-state index contributed by atoms with van der Waals surface area (Å²) in [7, 11) is 0. The molecule has 1 aliphatic heterocycles. The molecule has 1 unspecified atom stereocenters. The number of carbonyl (C=O) groups is 1. The monoisotopic (exact) mass is 324 g/mol. The second-order valence-electron chi connectivity index (χ2n) is 5.01. The molecule has 1 atom stereocenters. The van der Waals surface area contributed by atoms with Gasteiger partial charge >= 0.3 is 0 Å². The first-order chi connectivity index (χ1) is 9.20. The normalized spacial score (nSPS) is 19.3. The van der Waals surface area contributed by atoms with Gasteiger partial charge in [-0.05, 0) is 43.9 Å². The van der Waals surface area contributed by atoms with Crippen molar-refractivity contribution in [1.82, 2.24) is 4.90 Å². The molecule has 1 heterocycles. The second-order valence-corrected chi connectivity index (χ2v) is 5.92. The maximum Gasteiger partial charge on any atom is 0.242 e. The van der Waals surface area contributed by atoms with Gasteiger partial charge in [0.2, 0.25) is 5.91 Å². The molecule has 0 radical (unpaired) electrons. The Labute approximate surface area is 123 Å². The van der Waals surface area contributed by atoms with Crippen molar-refractivity contribution in [2.75, 3.05) is 18.4 Å². The molecule has 3 nitrogen and oxygen atoms in total. The van der Waals surface area contributed by atoms with Crippen molar-refractivity contribution in [2.45, 2.75) is 38.6 Å². The Morgan fingerprint density at radius 3 is 3.05 bits per heavy atom. The fourth-order valence-electron chi connectivity index (χ4n) is 2.63. The van der Waals surface area contributed by atoms with Crippen molar-refractivity contribution in [3.63, 3.8) is 0 Å². The van der Waals surface area contributed by atoms with Gasteiger partial charge in [-0.2, -0.15) is 0 Å². The van der Waals surface area contributed by atoms with Gasteiger partial charge in [0.15, 0.2) is 0 Å². The lowest BCUT2D eigenvalue weighted by Gasteiger charge is -2.35. The minimum Gasteiger partial charge on any atom is -0.376 e. The fourth-order valence-corrected chi connectivity index (χ4v) is 3.03. The van der Waals surface area contributed by atoms with Gasteiger partial charge in [-0.15, -0.1) is 0 Å². The quantitative estimate of drug-likeness (QED) is 0.916. The van der Waals surface area contributed by atoms with Crippen LogP contribution in [0.5, 0.6) is 0 Å². The largest absolute Gasteiger partial charge is 0.376 e. The van der Waals surface area contributed by atoms with Crippen molar-refractivity contribution in [3.8, 4) is 0 Å². The summed E-state index contributed by atoms with van der Waals surface area (Å²) < 4.78 is 1.02. The smallest absolute Gasteiger partial charge is 0.242 e. The van der Waals surface area contributed by atoms with E-state index in [-0.39, 0.29) is 5.91 Å². The number of nitrogens with zero attached hydrogens (tertiary/aromatic N) is 1. The average Bonchev–Trinajstić information content (AvgIpc) is 2.45. The minimum atomic E-state index is 0.214. The highest BCUT2D eigenvalue weighted by Crippen LogP contribution is 2.20. The molecule has 4 heteroatoms. The number of benzene rings is 1. The molecule has 1 amide bonds. The Kier molecular flexibility index (Phi) is 5.25. The highest BCUT2D eigenvalue weighted by molar-refractivity contribution is 9.10. The molecule has 1 saturated heterocycles. The number of piperidine rings is 1. The molecule has 1 aromatic carbocycles. The van der Waals surface area contributed by atoms with Crippen LogP contribution in [0, 0.1) is 0 Å². The lowest BCUT2D eigenvalue weighted by Crippen LogP contribution is -2.45. The zero-order chi connectivity index (χ0) is 13.7. The van der Waals surface area contributed by atoms with Crippen LogP contribution < -0.4 is 5.32 Å². The van der Waals surface area contributed by atoms with Crippen LogP contribution >= 0.6 is 15.9 Å². The van der Waals surface area contributed by atoms with E-state index in [0.717, 1.165) is 36.0 Å². The molecule has 104 valence electrons. The number of hydrogen-bond acceptors (Lipinski definition) is 2. The Morgan fingerprint density at radius 1 is 1.47 bits per heavy atom. The van der Waals surface area contributed by atoms with E-state index in [1.807, 2.05) is 24.3 Å².